The monoisotopic (exact) mass is 275 g/mol. The molecule has 0 saturated carbocycles. The van der Waals surface area contributed by atoms with E-state index in [4.69, 9.17) is 15.8 Å². The highest BCUT2D eigenvalue weighted by Crippen LogP contribution is 2.25. The van der Waals surface area contributed by atoms with Crippen molar-refractivity contribution in [3.8, 4) is 23.2 Å². The zero-order valence-corrected chi connectivity index (χ0v) is 11.4. The van der Waals surface area contributed by atoms with Crippen molar-refractivity contribution >= 4 is 11.8 Å². The first-order chi connectivity index (χ1) is 9.15. The lowest BCUT2D eigenvalue weighted by Gasteiger charge is -2.05. The lowest BCUT2D eigenvalue weighted by atomic mass is 10.2. The van der Waals surface area contributed by atoms with Gasteiger partial charge < -0.3 is 10.6 Å². The molecule has 6 nitrogen and oxygen atoms in total. The van der Waals surface area contributed by atoms with Crippen LogP contribution in [0.25, 0.3) is 11.4 Å². The number of nitrogen functional groups attached to an aromatic ring is 1. The van der Waals surface area contributed by atoms with Crippen molar-refractivity contribution in [1.29, 1.82) is 5.26 Å². The first-order valence-electron chi connectivity index (χ1n) is 5.57. The predicted octanol–water partition coefficient (Wildman–Crippen LogP) is 1.67. The molecule has 0 aliphatic carbocycles. The molecule has 0 unspecified atom stereocenters. The lowest BCUT2D eigenvalue weighted by Crippen LogP contribution is -2.12. The van der Waals surface area contributed by atoms with Gasteiger partial charge in [-0.15, -0.1) is 10.2 Å². The molecular weight excluding hydrogens is 262 g/mol. The number of ether oxygens (including phenoxy) is 1. The van der Waals surface area contributed by atoms with Gasteiger partial charge in [0.2, 0.25) is 5.16 Å². The van der Waals surface area contributed by atoms with Gasteiger partial charge in [0.15, 0.2) is 5.82 Å². The Hall–Kier alpha value is -2.20. The molecule has 0 aliphatic rings. The Bertz CT molecular complexity index is 602. The molecule has 0 aliphatic heterocycles. The van der Waals surface area contributed by atoms with Gasteiger partial charge in [0.25, 0.3) is 0 Å². The molecule has 0 saturated heterocycles. The summed E-state index contributed by atoms with van der Waals surface area (Å²) in [6.45, 7) is 1.78. The second-order valence-electron chi connectivity index (χ2n) is 3.79. The third-order valence-electron chi connectivity index (χ3n) is 2.48. The van der Waals surface area contributed by atoms with Crippen LogP contribution in [0, 0.1) is 11.3 Å². The van der Waals surface area contributed by atoms with Gasteiger partial charge >= 0.3 is 0 Å². The SMILES string of the molecule is COc1ccc(-c2nnc(S[C@H](C)C#N)n2N)cc1. The molecule has 1 atom stereocenters. The van der Waals surface area contributed by atoms with Crippen molar-refractivity contribution in [3.63, 3.8) is 0 Å². The number of hydrogen-bond acceptors (Lipinski definition) is 6. The third kappa shape index (κ3) is 2.80. The second-order valence-corrected chi connectivity index (χ2v) is 5.10. The molecule has 2 N–H and O–H groups in total. The van der Waals surface area contributed by atoms with Gasteiger partial charge in [-0.2, -0.15) is 5.26 Å². The van der Waals surface area contributed by atoms with E-state index in [0.29, 0.717) is 11.0 Å². The minimum Gasteiger partial charge on any atom is -0.497 e. The summed E-state index contributed by atoms with van der Waals surface area (Å²) in [6.07, 6.45) is 0. The van der Waals surface area contributed by atoms with E-state index in [-0.39, 0.29) is 5.25 Å². The van der Waals surface area contributed by atoms with Crippen molar-refractivity contribution in [1.82, 2.24) is 14.9 Å². The topological polar surface area (TPSA) is 89.8 Å². The molecule has 1 aromatic carbocycles. The van der Waals surface area contributed by atoms with Crippen LogP contribution in [0.2, 0.25) is 0 Å². The summed E-state index contributed by atoms with van der Waals surface area (Å²) in [6, 6.07) is 9.48. The van der Waals surface area contributed by atoms with Crippen LogP contribution < -0.4 is 10.6 Å². The molecule has 0 spiro atoms. The number of rotatable bonds is 4. The van der Waals surface area contributed by atoms with Gasteiger partial charge in [0.1, 0.15) is 5.75 Å². The zero-order chi connectivity index (χ0) is 13.8. The fourth-order valence-electron chi connectivity index (χ4n) is 1.48. The zero-order valence-electron chi connectivity index (χ0n) is 10.6. The number of methoxy groups -OCH3 is 1. The van der Waals surface area contributed by atoms with Crippen molar-refractivity contribution in [2.45, 2.75) is 17.3 Å². The third-order valence-corrected chi connectivity index (χ3v) is 3.42. The fourth-order valence-corrected chi connectivity index (χ4v) is 2.14. The molecule has 1 heterocycles. The average molecular weight is 275 g/mol. The number of nitrogens with zero attached hydrogens (tertiary/aromatic N) is 4. The molecule has 98 valence electrons. The smallest absolute Gasteiger partial charge is 0.211 e. The summed E-state index contributed by atoms with van der Waals surface area (Å²) in [5.41, 5.74) is 0.840. The van der Waals surface area contributed by atoms with Crippen molar-refractivity contribution in [3.05, 3.63) is 24.3 Å². The van der Waals surface area contributed by atoms with Crippen LogP contribution >= 0.6 is 11.8 Å². The van der Waals surface area contributed by atoms with Gasteiger partial charge in [0, 0.05) is 5.56 Å². The van der Waals surface area contributed by atoms with E-state index in [0.717, 1.165) is 11.3 Å². The van der Waals surface area contributed by atoms with Crippen LogP contribution in [-0.2, 0) is 0 Å². The second kappa shape index (κ2) is 5.63. The molecule has 0 amide bonds. The van der Waals surface area contributed by atoms with E-state index in [1.165, 1.54) is 16.4 Å². The normalized spacial score (nSPS) is 11.8. The maximum Gasteiger partial charge on any atom is 0.211 e. The molecule has 2 rings (SSSR count). The van der Waals surface area contributed by atoms with E-state index in [1.54, 1.807) is 14.0 Å². The van der Waals surface area contributed by atoms with E-state index < -0.39 is 0 Å². The molecule has 2 aromatic rings. The summed E-state index contributed by atoms with van der Waals surface area (Å²) in [5, 5.41) is 17.1. The van der Waals surface area contributed by atoms with Crippen molar-refractivity contribution < 1.29 is 4.74 Å². The maximum absolute atomic E-state index is 8.79. The Morgan fingerprint density at radius 1 is 1.37 bits per heavy atom. The molecule has 0 radical (unpaired) electrons. The summed E-state index contributed by atoms with van der Waals surface area (Å²) < 4.78 is 6.48. The molecule has 7 heteroatoms. The van der Waals surface area contributed by atoms with Crippen LogP contribution in [0.3, 0.4) is 0 Å². The lowest BCUT2D eigenvalue weighted by molar-refractivity contribution is 0.415. The van der Waals surface area contributed by atoms with Crippen molar-refractivity contribution in [2.75, 3.05) is 13.0 Å². The highest BCUT2D eigenvalue weighted by molar-refractivity contribution is 8.00. The average Bonchev–Trinajstić information content (AvgIpc) is 2.80. The summed E-state index contributed by atoms with van der Waals surface area (Å²) in [7, 11) is 1.61. The van der Waals surface area contributed by atoms with Crippen molar-refractivity contribution in [2.24, 2.45) is 0 Å². The van der Waals surface area contributed by atoms with Gasteiger partial charge in [-0.25, -0.2) is 4.68 Å². The van der Waals surface area contributed by atoms with Crippen LogP contribution in [0.5, 0.6) is 5.75 Å². The maximum atomic E-state index is 8.79. The number of aromatic nitrogens is 3. The largest absolute Gasteiger partial charge is 0.497 e. The number of hydrogen-bond donors (Lipinski definition) is 1. The van der Waals surface area contributed by atoms with E-state index in [1.807, 2.05) is 24.3 Å². The summed E-state index contributed by atoms with van der Waals surface area (Å²) in [4.78, 5) is 0. The van der Waals surface area contributed by atoms with Gasteiger partial charge in [0.05, 0.1) is 18.4 Å². The minimum absolute atomic E-state index is 0.227. The predicted molar refractivity (Wildman–Crippen MR) is 73.1 cm³/mol. The van der Waals surface area contributed by atoms with Gasteiger partial charge in [-0.1, -0.05) is 11.8 Å². The summed E-state index contributed by atoms with van der Waals surface area (Å²) >= 11 is 1.27. The minimum atomic E-state index is -0.227. The highest BCUT2D eigenvalue weighted by Gasteiger charge is 2.14. The Kier molecular flexibility index (Phi) is 3.92. The molecule has 1 aromatic heterocycles. The van der Waals surface area contributed by atoms with E-state index in [9.17, 15) is 0 Å². The van der Waals surface area contributed by atoms with Gasteiger partial charge in [-0.05, 0) is 31.2 Å². The number of nitriles is 1. The summed E-state index contributed by atoms with van der Waals surface area (Å²) in [5.74, 6) is 7.25. The number of benzene rings is 1. The van der Waals surface area contributed by atoms with E-state index in [2.05, 4.69) is 16.3 Å². The molecule has 0 bridgehead atoms. The van der Waals surface area contributed by atoms with Crippen LogP contribution in [-0.4, -0.2) is 27.2 Å². The molecule has 0 fully saturated rings. The quantitative estimate of drug-likeness (QED) is 0.674. The van der Waals surface area contributed by atoms with Gasteiger partial charge in [-0.3, -0.25) is 0 Å². The number of nitrogens with two attached hydrogens (primary N) is 1. The fraction of sp³-hybridized carbons (Fsp3) is 0.250. The highest BCUT2D eigenvalue weighted by atomic mass is 32.2. The molecular formula is C12H13N5OS. The van der Waals surface area contributed by atoms with Crippen LogP contribution in [0.15, 0.2) is 29.4 Å². The Labute approximate surface area is 115 Å². The standard InChI is InChI=1S/C12H13N5OS/c1-8(7-13)19-12-16-15-11(17(12)14)9-3-5-10(18-2)6-4-9/h3-6,8H,14H2,1-2H3/t8-/m1/s1. The first-order valence-corrected chi connectivity index (χ1v) is 6.45. The van der Waals surface area contributed by atoms with Crippen LogP contribution in [0.1, 0.15) is 6.92 Å². The Morgan fingerprint density at radius 3 is 2.63 bits per heavy atom. The Morgan fingerprint density at radius 2 is 2.05 bits per heavy atom. The van der Waals surface area contributed by atoms with E-state index >= 15 is 0 Å². The first kappa shape index (κ1) is 13.2. The number of thioether (sulfide) groups is 1. The molecule has 19 heavy (non-hydrogen) atoms. The Balaban J connectivity index is 2.28. The van der Waals surface area contributed by atoms with Crippen LogP contribution in [0.4, 0.5) is 0 Å².